The second kappa shape index (κ2) is 8.43. The summed E-state index contributed by atoms with van der Waals surface area (Å²) < 4.78 is 10.4. The van der Waals surface area contributed by atoms with Gasteiger partial charge < -0.3 is 20.5 Å². The van der Waals surface area contributed by atoms with Gasteiger partial charge in [0.2, 0.25) is 0 Å². The van der Waals surface area contributed by atoms with Crippen molar-refractivity contribution >= 4 is 34.1 Å². The summed E-state index contributed by atoms with van der Waals surface area (Å²) in [5.41, 5.74) is 8.67. The van der Waals surface area contributed by atoms with Gasteiger partial charge in [-0.1, -0.05) is 12.1 Å². The highest BCUT2D eigenvalue weighted by Crippen LogP contribution is 2.38. The Morgan fingerprint density at radius 1 is 1.18 bits per heavy atom. The molecule has 0 bridgehead atoms. The first-order chi connectivity index (χ1) is 13.3. The van der Waals surface area contributed by atoms with Gasteiger partial charge in [0.1, 0.15) is 10.8 Å². The van der Waals surface area contributed by atoms with Gasteiger partial charge in [-0.05, 0) is 55.9 Å². The van der Waals surface area contributed by atoms with Crippen molar-refractivity contribution in [3.05, 3.63) is 45.3 Å². The van der Waals surface area contributed by atoms with Crippen LogP contribution in [0.2, 0.25) is 0 Å². The lowest BCUT2D eigenvalue weighted by Gasteiger charge is -2.10. The lowest BCUT2D eigenvalue weighted by Crippen LogP contribution is -2.24. The normalized spacial score (nSPS) is 12.4. The second-order valence-electron chi connectivity index (χ2n) is 6.69. The van der Waals surface area contributed by atoms with Crippen LogP contribution in [0.3, 0.4) is 0 Å². The van der Waals surface area contributed by atoms with Crippen LogP contribution in [0.5, 0.6) is 5.75 Å². The molecule has 8 heteroatoms. The number of carbonyl (C=O) groups excluding carboxylic acids is 3. The maximum Gasteiger partial charge on any atom is 0.344 e. The van der Waals surface area contributed by atoms with Crippen LogP contribution in [-0.4, -0.2) is 31.0 Å². The zero-order valence-electron chi connectivity index (χ0n) is 15.8. The number of hydrogen-bond donors (Lipinski definition) is 2. The van der Waals surface area contributed by atoms with E-state index < -0.39 is 24.4 Å². The second-order valence-corrected chi connectivity index (χ2v) is 7.80. The Hall–Kier alpha value is -2.87. The number of esters is 1. The number of thiophene rings is 1. The molecule has 0 aliphatic heterocycles. The Morgan fingerprint density at radius 3 is 2.71 bits per heavy atom. The summed E-state index contributed by atoms with van der Waals surface area (Å²) in [5.74, 6) is -1.14. The van der Waals surface area contributed by atoms with Crippen molar-refractivity contribution < 1.29 is 23.9 Å². The monoisotopic (exact) mass is 402 g/mol. The van der Waals surface area contributed by atoms with E-state index >= 15 is 0 Å². The molecule has 1 aromatic carbocycles. The summed E-state index contributed by atoms with van der Waals surface area (Å²) in [6.45, 7) is 3.05. The van der Waals surface area contributed by atoms with Gasteiger partial charge in [-0.15, -0.1) is 11.3 Å². The van der Waals surface area contributed by atoms with Crippen molar-refractivity contribution in [1.29, 1.82) is 0 Å². The maximum atomic E-state index is 12.1. The number of rotatable bonds is 7. The Labute approximate surface area is 166 Å². The molecule has 3 N–H and O–H groups in total. The number of nitrogens with one attached hydrogen (secondary N) is 1. The minimum absolute atomic E-state index is 0.294. The number of amides is 2. The van der Waals surface area contributed by atoms with Crippen molar-refractivity contribution in [2.45, 2.75) is 33.1 Å². The Morgan fingerprint density at radius 2 is 1.96 bits per heavy atom. The smallest absolute Gasteiger partial charge is 0.344 e. The maximum absolute atomic E-state index is 12.1. The number of carbonyl (C=O) groups is 3. The molecule has 3 rings (SSSR count). The molecule has 0 spiro atoms. The number of aryl methyl sites for hydroxylation is 3. The molecule has 0 radical (unpaired) electrons. The van der Waals surface area contributed by atoms with E-state index in [1.54, 1.807) is 0 Å². The van der Waals surface area contributed by atoms with E-state index in [9.17, 15) is 14.4 Å². The van der Waals surface area contributed by atoms with E-state index in [1.165, 1.54) is 11.3 Å². The fourth-order valence-corrected chi connectivity index (χ4v) is 4.41. The zero-order chi connectivity index (χ0) is 20.3. The minimum Gasteiger partial charge on any atom is -0.482 e. The summed E-state index contributed by atoms with van der Waals surface area (Å²) in [6, 6.07) is 5.68. The van der Waals surface area contributed by atoms with Gasteiger partial charge in [-0.3, -0.25) is 9.59 Å². The van der Waals surface area contributed by atoms with Gasteiger partial charge in [0.25, 0.3) is 11.8 Å². The van der Waals surface area contributed by atoms with Crippen LogP contribution in [-0.2, 0) is 27.2 Å². The first kappa shape index (κ1) is 19.9. The highest BCUT2D eigenvalue weighted by atomic mass is 32.1. The standard InChI is InChI=1S/C20H22N2O5S/c1-11-6-7-12(2)14(8-11)26-10-17(24)27-9-16(23)22-20-18(19(21)25)13-4-3-5-15(13)28-20/h6-8H,3-5,9-10H2,1-2H3,(H2,21,25)(H,22,23). The highest BCUT2D eigenvalue weighted by molar-refractivity contribution is 7.17. The third-order valence-corrected chi connectivity index (χ3v) is 5.68. The quantitative estimate of drug-likeness (QED) is 0.692. The number of hydrogen-bond acceptors (Lipinski definition) is 6. The summed E-state index contributed by atoms with van der Waals surface area (Å²) in [4.78, 5) is 36.8. The number of primary amides is 1. The molecule has 7 nitrogen and oxygen atoms in total. The predicted molar refractivity (Wildman–Crippen MR) is 106 cm³/mol. The van der Waals surface area contributed by atoms with Crippen molar-refractivity contribution in [2.24, 2.45) is 5.73 Å². The Bertz CT molecular complexity index is 935. The number of anilines is 1. The molecular weight excluding hydrogens is 380 g/mol. The Kier molecular flexibility index (Phi) is 5.99. The minimum atomic E-state index is -0.653. The zero-order valence-corrected chi connectivity index (χ0v) is 16.6. The average molecular weight is 402 g/mol. The van der Waals surface area contributed by atoms with Crippen molar-refractivity contribution in [1.82, 2.24) is 0 Å². The van der Waals surface area contributed by atoms with Gasteiger partial charge in [0, 0.05) is 4.88 Å². The van der Waals surface area contributed by atoms with Gasteiger partial charge in [-0.2, -0.15) is 0 Å². The largest absolute Gasteiger partial charge is 0.482 e. The van der Waals surface area contributed by atoms with Crippen molar-refractivity contribution in [3.8, 4) is 5.75 Å². The first-order valence-corrected chi connectivity index (χ1v) is 9.76. The van der Waals surface area contributed by atoms with Crippen molar-refractivity contribution in [3.63, 3.8) is 0 Å². The van der Waals surface area contributed by atoms with E-state index in [4.69, 9.17) is 15.2 Å². The van der Waals surface area contributed by atoms with Gasteiger partial charge in [-0.25, -0.2) is 4.79 Å². The van der Waals surface area contributed by atoms with E-state index in [0.29, 0.717) is 16.3 Å². The van der Waals surface area contributed by atoms with E-state index in [-0.39, 0.29) is 6.61 Å². The van der Waals surface area contributed by atoms with Crippen LogP contribution in [0.1, 0.15) is 38.3 Å². The molecule has 0 unspecified atom stereocenters. The molecule has 1 heterocycles. The third kappa shape index (κ3) is 4.51. The number of nitrogens with two attached hydrogens (primary N) is 1. The van der Waals surface area contributed by atoms with Crippen LogP contribution in [0.25, 0.3) is 0 Å². The van der Waals surface area contributed by atoms with Crippen LogP contribution in [0, 0.1) is 13.8 Å². The topological polar surface area (TPSA) is 108 Å². The molecule has 0 saturated carbocycles. The molecule has 2 amide bonds. The molecule has 28 heavy (non-hydrogen) atoms. The van der Waals surface area contributed by atoms with Crippen LogP contribution in [0.15, 0.2) is 18.2 Å². The van der Waals surface area contributed by atoms with E-state index in [0.717, 1.165) is 40.8 Å². The summed E-state index contributed by atoms with van der Waals surface area (Å²) in [7, 11) is 0. The predicted octanol–water partition coefficient (Wildman–Crippen LogP) is 2.51. The summed E-state index contributed by atoms with van der Waals surface area (Å²) in [5, 5.41) is 3.05. The number of benzene rings is 1. The average Bonchev–Trinajstić information content (AvgIpc) is 3.21. The van der Waals surface area contributed by atoms with Crippen LogP contribution >= 0.6 is 11.3 Å². The lowest BCUT2D eigenvalue weighted by molar-refractivity contribution is -0.149. The van der Waals surface area contributed by atoms with Gasteiger partial charge in [0.15, 0.2) is 13.2 Å². The summed E-state index contributed by atoms with van der Waals surface area (Å²) in [6.07, 6.45) is 2.64. The van der Waals surface area contributed by atoms with Gasteiger partial charge >= 0.3 is 5.97 Å². The first-order valence-electron chi connectivity index (χ1n) is 8.95. The molecule has 1 aliphatic rings. The van der Waals surface area contributed by atoms with Crippen molar-refractivity contribution in [2.75, 3.05) is 18.5 Å². The van der Waals surface area contributed by atoms with E-state index in [2.05, 4.69) is 5.32 Å². The SMILES string of the molecule is Cc1ccc(C)c(OCC(=O)OCC(=O)Nc2sc3c(c2C(N)=O)CCC3)c1. The summed E-state index contributed by atoms with van der Waals surface area (Å²) >= 11 is 1.35. The number of ether oxygens (including phenoxy) is 2. The fourth-order valence-electron chi connectivity index (χ4n) is 3.10. The molecule has 2 aromatic rings. The Balaban J connectivity index is 1.51. The van der Waals surface area contributed by atoms with Crippen LogP contribution in [0.4, 0.5) is 5.00 Å². The third-order valence-electron chi connectivity index (χ3n) is 4.47. The molecule has 1 aliphatic carbocycles. The number of fused-ring (bicyclic) bond motifs is 1. The van der Waals surface area contributed by atoms with Crippen LogP contribution < -0.4 is 15.8 Å². The molecule has 0 atom stereocenters. The van der Waals surface area contributed by atoms with Gasteiger partial charge in [0.05, 0.1) is 5.56 Å². The molecule has 0 fully saturated rings. The fraction of sp³-hybridized carbons (Fsp3) is 0.350. The molecule has 1 aromatic heterocycles. The molecule has 0 saturated heterocycles. The molecular formula is C20H22N2O5S. The molecule has 148 valence electrons. The van der Waals surface area contributed by atoms with E-state index in [1.807, 2.05) is 32.0 Å². The lowest BCUT2D eigenvalue weighted by atomic mass is 10.1. The highest BCUT2D eigenvalue weighted by Gasteiger charge is 2.26.